The molecule has 3 rings (SSSR count). The number of aryl methyl sites for hydroxylation is 1. The molecule has 2 aromatic rings. The normalized spacial score (nSPS) is 21.6. The zero-order chi connectivity index (χ0) is 13.4. The van der Waals surface area contributed by atoms with Gasteiger partial charge in [-0.2, -0.15) is 0 Å². The second-order valence-corrected chi connectivity index (χ2v) is 5.77. The Hall–Kier alpha value is -1.52. The van der Waals surface area contributed by atoms with E-state index in [1.807, 2.05) is 18.2 Å². The third-order valence-corrected chi connectivity index (χ3v) is 4.66. The first kappa shape index (κ1) is 12.5. The fourth-order valence-electron chi connectivity index (χ4n) is 2.48. The lowest BCUT2D eigenvalue weighted by Crippen LogP contribution is -2.24. The maximum atomic E-state index is 6.27. The molecule has 0 saturated heterocycles. The van der Waals surface area contributed by atoms with Gasteiger partial charge in [-0.1, -0.05) is 6.07 Å². The molecule has 19 heavy (non-hydrogen) atoms. The van der Waals surface area contributed by atoms with Gasteiger partial charge in [-0.3, -0.25) is 0 Å². The molecule has 1 aliphatic heterocycles. The monoisotopic (exact) mass is 275 g/mol. The Labute approximate surface area is 117 Å². The van der Waals surface area contributed by atoms with Gasteiger partial charge in [-0.05, 0) is 30.0 Å². The van der Waals surface area contributed by atoms with Crippen LogP contribution in [0.1, 0.15) is 34.6 Å². The second kappa shape index (κ2) is 4.87. The fourth-order valence-corrected chi connectivity index (χ4v) is 3.45. The highest BCUT2D eigenvalue weighted by molar-refractivity contribution is 7.10. The summed E-state index contributed by atoms with van der Waals surface area (Å²) >= 11 is 1.73. The molecule has 2 atom stereocenters. The minimum Gasteiger partial charge on any atom is -0.497 e. The molecule has 1 aromatic heterocycles. The van der Waals surface area contributed by atoms with E-state index in [9.17, 15) is 0 Å². The molecule has 0 spiro atoms. The molecule has 0 bridgehead atoms. The van der Waals surface area contributed by atoms with Crippen LogP contribution < -0.4 is 15.2 Å². The van der Waals surface area contributed by atoms with E-state index < -0.39 is 0 Å². The van der Waals surface area contributed by atoms with E-state index in [0.717, 1.165) is 23.5 Å². The highest BCUT2D eigenvalue weighted by Gasteiger charge is 2.28. The predicted molar refractivity (Wildman–Crippen MR) is 77.0 cm³/mol. The van der Waals surface area contributed by atoms with Crippen molar-refractivity contribution in [2.75, 3.05) is 7.11 Å². The summed E-state index contributed by atoms with van der Waals surface area (Å²) in [6, 6.07) is 7.98. The first-order valence-electron chi connectivity index (χ1n) is 6.33. The Morgan fingerprint density at radius 3 is 2.89 bits per heavy atom. The third kappa shape index (κ3) is 2.22. The summed E-state index contributed by atoms with van der Waals surface area (Å²) in [6.07, 6.45) is 0.871. The molecule has 0 saturated carbocycles. The van der Waals surface area contributed by atoms with E-state index in [-0.39, 0.29) is 12.1 Å². The van der Waals surface area contributed by atoms with Gasteiger partial charge < -0.3 is 15.2 Å². The van der Waals surface area contributed by atoms with Gasteiger partial charge in [0, 0.05) is 29.0 Å². The van der Waals surface area contributed by atoms with Crippen molar-refractivity contribution in [3.63, 3.8) is 0 Å². The first-order chi connectivity index (χ1) is 9.19. The van der Waals surface area contributed by atoms with Crippen LogP contribution in [0.5, 0.6) is 11.5 Å². The SMILES string of the molecule is COc1ccc2c(c1)OC(c1sccc1C)C[C@H]2N. The first-order valence-corrected chi connectivity index (χ1v) is 7.21. The second-order valence-electron chi connectivity index (χ2n) is 4.82. The number of thiophene rings is 1. The molecule has 4 heteroatoms. The van der Waals surface area contributed by atoms with Gasteiger partial charge in [0.25, 0.3) is 0 Å². The van der Waals surface area contributed by atoms with E-state index in [1.54, 1.807) is 18.4 Å². The number of fused-ring (bicyclic) bond motifs is 1. The summed E-state index contributed by atoms with van der Waals surface area (Å²) in [4.78, 5) is 1.27. The van der Waals surface area contributed by atoms with Crippen molar-refractivity contribution in [1.82, 2.24) is 0 Å². The maximum absolute atomic E-state index is 6.27. The highest BCUT2D eigenvalue weighted by Crippen LogP contribution is 2.43. The van der Waals surface area contributed by atoms with Crippen LogP contribution in [0.15, 0.2) is 29.6 Å². The smallest absolute Gasteiger partial charge is 0.135 e. The Balaban J connectivity index is 1.96. The van der Waals surface area contributed by atoms with Crippen LogP contribution in [-0.4, -0.2) is 7.11 Å². The number of methoxy groups -OCH3 is 1. The third-order valence-electron chi connectivity index (χ3n) is 3.55. The van der Waals surface area contributed by atoms with Crippen LogP contribution >= 0.6 is 11.3 Å². The molecule has 1 unspecified atom stereocenters. The number of rotatable bonds is 2. The minimum absolute atomic E-state index is 0.0150. The Bertz CT molecular complexity index is 594. The van der Waals surface area contributed by atoms with E-state index in [0.29, 0.717) is 0 Å². The Kier molecular flexibility index (Phi) is 3.21. The summed E-state index contributed by atoms with van der Waals surface area (Å²) in [7, 11) is 1.66. The van der Waals surface area contributed by atoms with Gasteiger partial charge >= 0.3 is 0 Å². The lowest BCUT2D eigenvalue weighted by atomic mass is 9.95. The Morgan fingerprint density at radius 2 is 2.21 bits per heavy atom. The predicted octanol–water partition coefficient (Wildman–Crippen LogP) is 3.59. The summed E-state index contributed by atoms with van der Waals surface area (Å²) < 4.78 is 11.4. The minimum atomic E-state index is 0.0150. The van der Waals surface area contributed by atoms with Crippen molar-refractivity contribution in [3.05, 3.63) is 45.6 Å². The molecule has 0 aliphatic carbocycles. The van der Waals surface area contributed by atoms with E-state index in [1.165, 1.54) is 10.4 Å². The van der Waals surface area contributed by atoms with Gasteiger partial charge in [0.05, 0.1) is 7.11 Å². The molecule has 1 aromatic carbocycles. The molecule has 2 heterocycles. The quantitative estimate of drug-likeness (QED) is 0.911. The molecule has 0 fully saturated rings. The van der Waals surface area contributed by atoms with Crippen molar-refractivity contribution in [2.45, 2.75) is 25.5 Å². The van der Waals surface area contributed by atoms with Crippen molar-refractivity contribution in [3.8, 4) is 11.5 Å². The lowest BCUT2D eigenvalue weighted by Gasteiger charge is -2.30. The van der Waals surface area contributed by atoms with E-state index in [4.69, 9.17) is 15.2 Å². The topological polar surface area (TPSA) is 44.5 Å². The van der Waals surface area contributed by atoms with Crippen LogP contribution in [0, 0.1) is 6.92 Å². The van der Waals surface area contributed by atoms with Crippen molar-refractivity contribution < 1.29 is 9.47 Å². The van der Waals surface area contributed by atoms with Crippen molar-refractivity contribution >= 4 is 11.3 Å². The largest absolute Gasteiger partial charge is 0.497 e. The highest BCUT2D eigenvalue weighted by atomic mass is 32.1. The molecule has 2 N–H and O–H groups in total. The van der Waals surface area contributed by atoms with Gasteiger partial charge in [0.15, 0.2) is 0 Å². The number of ether oxygens (including phenoxy) is 2. The molecular formula is C15H17NO2S. The number of hydrogen-bond acceptors (Lipinski definition) is 4. The number of hydrogen-bond donors (Lipinski definition) is 1. The zero-order valence-corrected chi connectivity index (χ0v) is 11.9. The van der Waals surface area contributed by atoms with Crippen LogP contribution in [0.3, 0.4) is 0 Å². The molecule has 0 radical (unpaired) electrons. The van der Waals surface area contributed by atoms with Gasteiger partial charge in [-0.15, -0.1) is 11.3 Å². The zero-order valence-electron chi connectivity index (χ0n) is 11.1. The molecule has 100 valence electrons. The molecule has 1 aliphatic rings. The van der Waals surface area contributed by atoms with Crippen molar-refractivity contribution in [1.29, 1.82) is 0 Å². The van der Waals surface area contributed by atoms with Crippen LogP contribution in [-0.2, 0) is 0 Å². The average Bonchev–Trinajstić information content (AvgIpc) is 2.84. The van der Waals surface area contributed by atoms with E-state index in [2.05, 4.69) is 18.4 Å². The van der Waals surface area contributed by atoms with Crippen LogP contribution in [0.4, 0.5) is 0 Å². The number of benzene rings is 1. The Morgan fingerprint density at radius 1 is 1.37 bits per heavy atom. The maximum Gasteiger partial charge on any atom is 0.135 e. The molecular weight excluding hydrogens is 258 g/mol. The summed E-state index contributed by atoms with van der Waals surface area (Å²) in [6.45, 7) is 2.11. The van der Waals surface area contributed by atoms with Gasteiger partial charge in [0.2, 0.25) is 0 Å². The van der Waals surface area contributed by atoms with E-state index >= 15 is 0 Å². The van der Waals surface area contributed by atoms with Crippen molar-refractivity contribution in [2.24, 2.45) is 5.73 Å². The summed E-state index contributed by atoms with van der Waals surface area (Å²) in [5, 5.41) is 2.10. The summed E-state index contributed by atoms with van der Waals surface area (Å²) in [5.74, 6) is 1.64. The standard InChI is InChI=1S/C15H17NO2S/c1-9-5-6-19-15(9)14-8-12(16)11-4-3-10(17-2)7-13(11)18-14/h3-7,12,14H,8,16H2,1-2H3/t12-,14?/m1/s1. The van der Waals surface area contributed by atoms with Gasteiger partial charge in [-0.25, -0.2) is 0 Å². The molecule has 0 amide bonds. The average molecular weight is 275 g/mol. The number of nitrogens with two attached hydrogens (primary N) is 1. The molecule has 3 nitrogen and oxygen atoms in total. The van der Waals surface area contributed by atoms with Gasteiger partial charge in [0.1, 0.15) is 17.6 Å². The summed E-state index contributed by atoms with van der Waals surface area (Å²) in [5.41, 5.74) is 8.60. The van der Waals surface area contributed by atoms with Crippen LogP contribution in [0.25, 0.3) is 0 Å². The fraction of sp³-hybridized carbons (Fsp3) is 0.333. The van der Waals surface area contributed by atoms with Crippen LogP contribution in [0.2, 0.25) is 0 Å². The lowest BCUT2D eigenvalue weighted by molar-refractivity contribution is 0.163.